The van der Waals surface area contributed by atoms with Gasteiger partial charge in [-0.3, -0.25) is 9.59 Å². The van der Waals surface area contributed by atoms with Gasteiger partial charge in [0.25, 0.3) is 0 Å². The van der Waals surface area contributed by atoms with Crippen LogP contribution in [0, 0.1) is 0 Å². The number of carboxylic acids is 1. The van der Waals surface area contributed by atoms with Crippen LogP contribution in [0.2, 0.25) is 0 Å². The Morgan fingerprint density at radius 2 is 2.00 bits per heavy atom. The normalized spacial score (nSPS) is 14.3. The molecule has 0 aliphatic rings. The quantitative estimate of drug-likeness (QED) is 0.436. The minimum atomic E-state index is -1.40. The molecule has 0 aromatic carbocycles. The van der Waals surface area contributed by atoms with E-state index in [0.29, 0.717) is 13.0 Å². The van der Waals surface area contributed by atoms with Crippen LogP contribution in [0.15, 0.2) is 0 Å². The number of aliphatic hydroxyl groups is 1. The predicted octanol–water partition coefficient (Wildman–Crippen LogP) is -1.06. The van der Waals surface area contributed by atoms with E-state index in [1.807, 2.05) is 0 Å². The Hall–Kier alpha value is -1.14. The molecule has 1 unspecified atom stereocenters. The van der Waals surface area contributed by atoms with Gasteiger partial charge >= 0.3 is 5.97 Å². The molecule has 0 aromatic rings. The molecule has 0 bridgehead atoms. The first-order chi connectivity index (χ1) is 6.87. The van der Waals surface area contributed by atoms with E-state index in [0.717, 1.165) is 0 Å². The highest BCUT2D eigenvalue weighted by atomic mass is 16.4. The van der Waals surface area contributed by atoms with E-state index in [9.17, 15) is 14.7 Å². The number of amides is 1. The van der Waals surface area contributed by atoms with E-state index in [4.69, 9.17) is 5.11 Å². The van der Waals surface area contributed by atoms with Gasteiger partial charge in [0, 0.05) is 19.5 Å². The molecule has 0 aromatic heterocycles. The minimum Gasteiger partial charge on any atom is -0.481 e. The van der Waals surface area contributed by atoms with Crippen molar-refractivity contribution in [1.29, 1.82) is 0 Å². The van der Waals surface area contributed by atoms with Crippen LogP contribution in [0.5, 0.6) is 0 Å². The Morgan fingerprint density at radius 3 is 2.47 bits per heavy atom. The minimum absolute atomic E-state index is 0.0537. The Labute approximate surface area is 88.7 Å². The van der Waals surface area contributed by atoms with Crippen LogP contribution >= 0.6 is 0 Å². The molecule has 0 aliphatic carbocycles. The Kier molecular flexibility index (Phi) is 5.88. The van der Waals surface area contributed by atoms with Crippen molar-refractivity contribution in [1.82, 2.24) is 10.6 Å². The summed E-state index contributed by atoms with van der Waals surface area (Å²) >= 11 is 0. The maximum atomic E-state index is 11.1. The topological polar surface area (TPSA) is 98.7 Å². The van der Waals surface area contributed by atoms with E-state index in [-0.39, 0.29) is 18.9 Å². The van der Waals surface area contributed by atoms with Gasteiger partial charge in [-0.2, -0.15) is 0 Å². The molecule has 1 amide bonds. The van der Waals surface area contributed by atoms with Crippen LogP contribution < -0.4 is 10.6 Å². The van der Waals surface area contributed by atoms with Gasteiger partial charge in [0.15, 0.2) is 0 Å². The zero-order valence-electron chi connectivity index (χ0n) is 9.04. The number of hydrogen-bond acceptors (Lipinski definition) is 4. The number of carboxylic acid groups (broad SMARTS) is 1. The van der Waals surface area contributed by atoms with Gasteiger partial charge in [-0.1, -0.05) is 0 Å². The van der Waals surface area contributed by atoms with Crippen LogP contribution in [-0.2, 0) is 9.59 Å². The second kappa shape index (κ2) is 6.36. The van der Waals surface area contributed by atoms with Crippen molar-refractivity contribution in [3.05, 3.63) is 0 Å². The summed E-state index contributed by atoms with van der Waals surface area (Å²) in [7, 11) is 1.73. The summed E-state index contributed by atoms with van der Waals surface area (Å²) in [4.78, 5) is 21.5. The van der Waals surface area contributed by atoms with Crippen molar-refractivity contribution in [2.75, 3.05) is 20.1 Å². The van der Waals surface area contributed by atoms with E-state index in [2.05, 4.69) is 10.6 Å². The number of carbonyl (C=O) groups is 2. The Morgan fingerprint density at radius 1 is 1.40 bits per heavy atom. The number of carbonyl (C=O) groups excluding carboxylic acids is 1. The molecule has 1 atom stereocenters. The molecule has 6 nitrogen and oxygen atoms in total. The zero-order chi connectivity index (χ0) is 11.9. The Balaban J connectivity index is 3.82. The summed E-state index contributed by atoms with van der Waals surface area (Å²) in [6, 6.07) is 0. The van der Waals surface area contributed by atoms with E-state index < -0.39 is 11.6 Å². The molecule has 15 heavy (non-hydrogen) atoms. The van der Waals surface area contributed by atoms with Gasteiger partial charge in [-0.25, -0.2) is 0 Å². The zero-order valence-corrected chi connectivity index (χ0v) is 9.04. The van der Waals surface area contributed by atoms with Crippen molar-refractivity contribution in [2.45, 2.75) is 25.4 Å². The molecular weight excluding hydrogens is 200 g/mol. The number of aliphatic carboxylic acids is 1. The molecule has 0 radical (unpaired) electrons. The summed E-state index contributed by atoms with van der Waals surface area (Å²) < 4.78 is 0. The standard InChI is InChI=1S/C9H18N2O4/c1-9(15,5-8(13)14)6-11-7(12)3-4-10-2/h10,15H,3-6H2,1-2H3,(H,11,12)(H,13,14). The fourth-order valence-electron chi connectivity index (χ4n) is 1.00. The molecule has 0 saturated heterocycles. The smallest absolute Gasteiger partial charge is 0.306 e. The lowest BCUT2D eigenvalue weighted by Crippen LogP contribution is -2.42. The first-order valence-electron chi connectivity index (χ1n) is 4.73. The largest absolute Gasteiger partial charge is 0.481 e. The number of rotatable bonds is 7. The lowest BCUT2D eigenvalue weighted by molar-refractivity contribution is -0.142. The molecule has 0 fully saturated rings. The summed E-state index contributed by atoms with van der Waals surface area (Å²) in [6.07, 6.45) is -0.0844. The molecule has 0 spiro atoms. The van der Waals surface area contributed by atoms with Gasteiger partial charge in [-0.05, 0) is 14.0 Å². The molecular formula is C9H18N2O4. The third-order valence-electron chi connectivity index (χ3n) is 1.80. The highest BCUT2D eigenvalue weighted by molar-refractivity contribution is 5.76. The molecule has 0 rings (SSSR count). The van der Waals surface area contributed by atoms with E-state index >= 15 is 0 Å². The monoisotopic (exact) mass is 218 g/mol. The second-order valence-electron chi connectivity index (χ2n) is 3.70. The summed E-state index contributed by atoms with van der Waals surface area (Å²) in [6.45, 7) is 1.87. The molecule has 4 N–H and O–H groups in total. The van der Waals surface area contributed by atoms with Gasteiger partial charge in [0.1, 0.15) is 0 Å². The second-order valence-corrected chi connectivity index (χ2v) is 3.70. The van der Waals surface area contributed by atoms with Crippen LogP contribution in [0.25, 0.3) is 0 Å². The van der Waals surface area contributed by atoms with Gasteiger partial charge in [0.2, 0.25) is 5.91 Å². The van der Waals surface area contributed by atoms with E-state index in [1.54, 1.807) is 7.05 Å². The number of hydrogen-bond donors (Lipinski definition) is 4. The van der Waals surface area contributed by atoms with Crippen LogP contribution in [0.4, 0.5) is 0 Å². The molecule has 0 heterocycles. The SMILES string of the molecule is CNCCC(=O)NCC(C)(O)CC(=O)O. The highest BCUT2D eigenvalue weighted by Gasteiger charge is 2.24. The lowest BCUT2D eigenvalue weighted by Gasteiger charge is -2.21. The van der Waals surface area contributed by atoms with E-state index in [1.165, 1.54) is 6.92 Å². The van der Waals surface area contributed by atoms with Crippen LogP contribution in [-0.4, -0.2) is 47.8 Å². The first-order valence-corrected chi connectivity index (χ1v) is 4.73. The maximum absolute atomic E-state index is 11.1. The number of nitrogens with one attached hydrogen (secondary N) is 2. The maximum Gasteiger partial charge on any atom is 0.306 e. The van der Waals surface area contributed by atoms with Crippen molar-refractivity contribution < 1.29 is 19.8 Å². The third-order valence-corrected chi connectivity index (χ3v) is 1.80. The molecule has 6 heteroatoms. The molecule has 0 aliphatic heterocycles. The average molecular weight is 218 g/mol. The van der Waals surface area contributed by atoms with Crippen molar-refractivity contribution >= 4 is 11.9 Å². The van der Waals surface area contributed by atoms with Crippen LogP contribution in [0.3, 0.4) is 0 Å². The fraction of sp³-hybridized carbons (Fsp3) is 0.778. The molecule has 88 valence electrons. The van der Waals surface area contributed by atoms with Crippen molar-refractivity contribution in [3.8, 4) is 0 Å². The van der Waals surface area contributed by atoms with Gasteiger partial charge in [0.05, 0.1) is 12.0 Å². The van der Waals surface area contributed by atoms with Crippen LogP contribution in [0.1, 0.15) is 19.8 Å². The third kappa shape index (κ3) is 7.90. The summed E-state index contributed by atoms with van der Waals surface area (Å²) in [5, 5.41) is 23.3. The predicted molar refractivity (Wildman–Crippen MR) is 54.4 cm³/mol. The van der Waals surface area contributed by atoms with Gasteiger partial charge in [-0.15, -0.1) is 0 Å². The molecule has 0 saturated carbocycles. The summed E-state index contributed by atoms with van der Waals surface area (Å²) in [5.41, 5.74) is -1.40. The highest BCUT2D eigenvalue weighted by Crippen LogP contribution is 2.07. The van der Waals surface area contributed by atoms with Gasteiger partial charge < -0.3 is 20.8 Å². The Bertz CT molecular complexity index is 228. The van der Waals surface area contributed by atoms with Crippen molar-refractivity contribution in [3.63, 3.8) is 0 Å². The average Bonchev–Trinajstić information content (AvgIpc) is 2.09. The lowest BCUT2D eigenvalue weighted by atomic mass is 10.0. The first kappa shape index (κ1) is 13.9. The van der Waals surface area contributed by atoms with Crippen molar-refractivity contribution in [2.24, 2.45) is 0 Å². The summed E-state index contributed by atoms with van der Waals surface area (Å²) in [5.74, 6) is -1.31. The fourth-order valence-corrected chi connectivity index (χ4v) is 1.00.